The molecule has 0 saturated heterocycles. The lowest BCUT2D eigenvalue weighted by Gasteiger charge is -2.26. The zero-order valence-electron chi connectivity index (χ0n) is 28.9. The van der Waals surface area contributed by atoms with Crippen LogP contribution in [0.4, 0.5) is 17.1 Å². The molecule has 0 amide bonds. The molecule has 0 unspecified atom stereocenters. The summed E-state index contributed by atoms with van der Waals surface area (Å²) in [5.74, 6) is 0.563. The average Bonchev–Trinajstić information content (AvgIpc) is 3.94. The van der Waals surface area contributed by atoms with Crippen LogP contribution in [0.25, 0.3) is 88.7 Å². The third kappa shape index (κ3) is 4.98. The number of fused-ring (bicyclic) bond motifs is 7. The van der Waals surface area contributed by atoms with Crippen LogP contribution < -0.4 is 4.90 Å². The minimum absolute atomic E-state index is 0.563. The van der Waals surface area contributed by atoms with Gasteiger partial charge in [0.15, 0.2) is 5.58 Å². The molecule has 3 heterocycles. The average molecular weight is 695 g/mol. The summed E-state index contributed by atoms with van der Waals surface area (Å²) in [4.78, 5) is 7.14. The van der Waals surface area contributed by atoms with Crippen molar-refractivity contribution in [2.45, 2.75) is 0 Å². The van der Waals surface area contributed by atoms with Gasteiger partial charge >= 0.3 is 0 Å². The number of rotatable bonds is 6. The molecule has 0 aliphatic carbocycles. The van der Waals surface area contributed by atoms with Crippen LogP contribution in [0.1, 0.15) is 0 Å². The van der Waals surface area contributed by atoms with Gasteiger partial charge in [-0.25, -0.2) is 4.98 Å². The molecule has 11 aromatic rings. The molecule has 0 N–H and O–H groups in total. The predicted octanol–water partition coefficient (Wildman–Crippen LogP) is 14.1. The highest BCUT2D eigenvalue weighted by atomic mass is 16.4. The lowest BCUT2D eigenvalue weighted by Crippen LogP contribution is -2.10. The number of benzene rings is 8. The number of furan rings is 2. The van der Waals surface area contributed by atoms with Crippen molar-refractivity contribution in [1.29, 1.82) is 0 Å². The molecule has 0 saturated carbocycles. The second kappa shape index (κ2) is 12.1. The van der Waals surface area contributed by atoms with Crippen LogP contribution in [0.5, 0.6) is 0 Å². The van der Waals surface area contributed by atoms with Gasteiger partial charge in [-0.3, -0.25) is 0 Å². The topological polar surface area (TPSA) is 55.6 Å². The Morgan fingerprint density at radius 1 is 0.352 bits per heavy atom. The number of para-hydroxylation sites is 3. The van der Waals surface area contributed by atoms with E-state index in [0.717, 1.165) is 88.7 Å². The van der Waals surface area contributed by atoms with Gasteiger partial charge in [-0.1, -0.05) is 97.1 Å². The van der Waals surface area contributed by atoms with Gasteiger partial charge in [0.05, 0.1) is 0 Å². The Morgan fingerprint density at radius 2 is 0.963 bits per heavy atom. The summed E-state index contributed by atoms with van der Waals surface area (Å²) < 4.78 is 19.1. The van der Waals surface area contributed by atoms with Crippen LogP contribution >= 0.6 is 0 Å². The molecule has 0 spiro atoms. The van der Waals surface area contributed by atoms with Gasteiger partial charge in [0.1, 0.15) is 27.8 Å². The van der Waals surface area contributed by atoms with Crippen molar-refractivity contribution in [3.8, 4) is 33.7 Å². The molecule has 0 radical (unpaired) electrons. The minimum atomic E-state index is 0.563. The molecule has 0 bridgehead atoms. The summed E-state index contributed by atoms with van der Waals surface area (Å²) >= 11 is 0. The molecule has 3 aromatic heterocycles. The first-order valence-corrected chi connectivity index (χ1v) is 18.0. The molecule has 54 heavy (non-hydrogen) atoms. The van der Waals surface area contributed by atoms with Crippen molar-refractivity contribution >= 4 is 72.0 Å². The van der Waals surface area contributed by atoms with E-state index < -0.39 is 0 Å². The van der Waals surface area contributed by atoms with Crippen molar-refractivity contribution in [2.24, 2.45) is 0 Å². The van der Waals surface area contributed by atoms with Crippen molar-refractivity contribution in [1.82, 2.24) is 4.98 Å². The number of anilines is 3. The molecule has 0 fully saturated rings. The van der Waals surface area contributed by atoms with Crippen LogP contribution in [-0.4, -0.2) is 4.98 Å². The SMILES string of the molecule is c1ccc(-c2cccc(-c3cccc(N(c4ccc5c(c4)oc4ccccc45)c4ccc5oc6cccc(-c7nc8ccccc8o7)c6c5c4)c3)c2)cc1. The Balaban J connectivity index is 1.10. The lowest BCUT2D eigenvalue weighted by molar-refractivity contribution is 0.620. The van der Waals surface area contributed by atoms with Gasteiger partial charge in [0.25, 0.3) is 0 Å². The summed E-state index contributed by atoms with van der Waals surface area (Å²) in [7, 11) is 0. The van der Waals surface area contributed by atoms with Gasteiger partial charge in [0.2, 0.25) is 5.89 Å². The summed E-state index contributed by atoms with van der Waals surface area (Å²) in [6.45, 7) is 0. The van der Waals surface area contributed by atoms with Crippen LogP contribution in [0.3, 0.4) is 0 Å². The molecule has 0 aliphatic heterocycles. The summed E-state index contributed by atoms with van der Waals surface area (Å²) in [6, 6.07) is 62.9. The van der Waals surface area contributed by atoms with Crippen molar-refractivity contribution in [2.75, 3.05) is 4.90 Å². The number of aromatic nitrogens is 1. The Morgan fingerprint density at radius 3 is 1.85 bits per heavy atom. The third-order valence-electron chi connectivity index (χ3n) is 10.3. The molecule has 5 nitrogen and oxygen atoms in total. The van der Waals surface area contributed by atoms with E-state index in [-0.39, 0.29) is 0 Å². The first-order chi connectivity index (χ1) is 26.7. The summed E-state index contributed by atoms with van der Waals surface area (Å²) in [5.41, 5.74) is 13.3. The van der Waals surface area contributed by atoms with Crippen molar-refractivity contribution in [3.63, 3.8) is 0 Å². The van der Waals surface area contributed by atoms with E-state index in [2.05, 4.69) is 132 Å². The zero-order chi connectivity index (χ0) is 35.6. The fourth-order valence-corrected chi connectivity index (χ4v) is 7.75. The summed E-state index contributed by atoms with van der Waals surface area (Å²) in [6.07, 6.45) is 0. The second-order valence-electron chi connectivity index (χ2n) is 13.6. The lowest BCUT2D eigenvalue weighted by atomic mass is 9.98. The van der Waals surface area contributed by atoms with Crippen LogP contribution in [0, 0.1) is 0 Å². The molecule has 8 aromatic carbocycles. The highest BCUT2D eigenvalue weighted by molar-refractivity contribution is 6.13. The van der Waals surface area contributed by atoms with E-state index in [1.807, 2.05) is 54.6 Å². The quantitative estimate of drug-likeness (QED) is 0.173. The largest absolute Gasteiger partial charge is 0.456 e. The van der Waals surface area contributed by atoms with Gasteiger partial charge < -0.3 is 18.2 Å². The first kappa shape index (κ1) is 30.3. The number of oxazole rings is 1. The van der Waals surface area contributed by atoms with E-state index in [1.165, 1.54) is 11.1 Å². The van der Waals surface area contributed by atoms with E-state index in [0.29, 0.717) is 5.89 Å². The molecule has 5 heteroatoms. The molecule has 11 rings (SSSR count). The number of hydrogen-bond acceptors (Lipinski definition) is 5. The van der Waals surface area contributed by atoms with E-state index >= 15 is 0 Å². The molecular weight excluding hydrogens is 665 g/mol. The van der Waals surface area contributed by atoms with E-state index in [1.54, 1.807) is 0 Å². The Labute approximate surface area is 309 Å². The maximum absolute atomic E-state index is 6.45. The smallest absolute Gasteiger partial charge is 0.228 e. The monoisotopic (exact) mass is 694 g/mol. The van der Waals surface area contributed by atoms with Crippen molar-refractivity contribution < 1.29 is 13.3 Å². The third-order valence-corrected chi connectivity index (χ3v) is 10.3. The Bertz CT molecular complexity index is 3150. The van der Waals surface area contributed by atoms with Crippen molar-refractivity contribution in [3.05, 3.63) is 182 Å². The van der Waals surface area contributed by atoms with Gasteiger partial charge in [-0.05, 0) is 101 Å². The molecular formula is C49H30N2O3. The highest BCUT2D eigenvalue weighted by Crippen LogP contribution is 2.44. The minimum Gasteiger partial charge on any atom is -0.456 e. The maximum atomic E-state index is 6.45. The normalized spacial score (nSPS) is 11.7. The Kier molecular flexibility index (Phi) is 6.79. The Hall–Kier alpha value is -7.37. The second-order valence-corrected chi connectivity index (χ2v) is 13.6. The maximum Gasteiger partial charge on any atom is 0.228 e. The van der Waals surface area contributed by atoms with Crippen LogP contribution in [-0.2, 0) is 0 Å². The van der Waals surface area contributed by atoms with Gasteiger partial charge in [-0.2, -0.15) is 0 Å². The molecule has 0 atom stereocenters. The van der Waals surface area contributed by atoms with Crippen LogP contribution in [0.15, 0.2) is 195 Å². The summed E-state index contributed by atoms with van der Waals surface area (Å²) in [5, 5.41) is 4.12. The number of nitrogens with zero attached hydrogens (tertiary/aromatic N) is 2. The van der Waals surface area contributed by atoms with Gasteiger partial charge in [0, 0.05) is 50.2 Å². The van der Waals surface area contributed by atoms with Gasteiger partial charge in [-0.15, -0.1) is 0 Å². The van der Waals surface area contributed by atoms with E-state index in [4.69, 9.17) is 18.2 Å². The predicted molar refractivity (Wildman–Crippen MR) is 220 cm³/mol. The first-order valence-electron chi connectivity index (χ1n) is 18.0. The highest BCUT2D eigenvalue weighted by Gasteiger charge is 2.21. The van der Waals surface area contributed by atoms with E-state index in [9.17, 15) is 0 Å². The fourth-order valence-electron chi connectivity index (χ4n) is 7.75. The molecule has 254 valence electrons. The fraction of sp³-hybridized carbons (Fsp3) is 0. The standard InChI is InChI=1S/C49H30N2O3/c1-2-11-31(12-3-1)32-13-8-14-33(27-32)34-15-9-16-35(28-34)51(37-23-25-39-38-17-4-6-20-43(38)53-47(39)30-37)36-24-26-44-41(29-36)48-40(18-10-22-46(48)52-44)49-50-42-19-5-7-21-45(42)54-49/h1-30H. The number of hydrogen-bond donors (Lipinski definition) is 0. The van der Waals surface area contributed by atoms with Crippen LogP contribution in [0.2, 0.25) is 0 Å². The zero-order valence-corrected chi connectivity index (χ0v) is 28.9. The molecule has 0 aliphatic rings.